The second-order valence-corrected chi connectivity index (χ2v) is 6.65. The van der Waals surface area contributed by atoms with Crippen LogP contribution in [0.25, 0.3) is 0 Å². The maximum atomic E-state index is 13.3. The van der Waals surface area contributed by atoms with Crippen molar-refractivity contribution in [1.82, 2.24) is 5.32 Å². The Kier molecular flexibility index (Phi) is 3.62. The van der Waals surface area contributed by atoms with Gasteiger partial charge in [0.05, 0.1) is 0 Å². The van der Waals surface area contributed by atoms with Crippen molar-refractivity contribution in [3.63, 3.8) is 0 Å². The van der Waals surface area contributed by atoms with Gasteiger partial charge in [-0.05, 0) is 73.6 Å². The molecular formula is C17H24FN. The number of hydrogen-bond acceptors (Lipinski definition) is 1. The third-order valence-corrected chi connectivity index (χ3v) is 4.85. The van der Waals surface area contributed by atoms with Crippen LogP contribution in [0.5, 0.6) is 0 Å². The monoisotopic (exact) mass is 261 g/mol. The quantitative estimate of drug-likeness (QED) is 0.768. The van der Waals surface area contributed by atoms with Crippen molar-refractivity contribution in [2.24, 2.45) is 17.3 Å². The Morgan fingerprint density at radius 3 is 2.79 bits per heavy atom. The van der Waals surface area contributed by atoms with E-state index in [9.17, 15) is 4.39 Å². The van der Waals surface area contributed by atoms with Gasteiger partial charge in [0.1, 0.15) is 5.82 Å². The van der Waals surface area contributed by atoms with E-state index in [4.69, 9.17) is 0 Å². The molecule has 0 spiro atoms. The van der Waals surface area contributed by atoms with Crippen LogP contribution in [0.1, 0.15) is 38.2 Å². The molecule has 2 atom stereocenters. The van der Waals surface area contributed by atoms with Gasteiger partial charge in [-0.2, -0.15) is 0 Å². The summed E-state index contributed by atoms with van der Waals surface area (Å²) in [5.74, 6) is 1.84. The molecule has 0 saturated heterocycles. The predicted molar refractivity (Wildman–Crippen MR) is 76.5 cm³/mol. The molecule has 104 valence electrons. The van der Waals surface area contributed by atoms with Gasteiger partial charge in [0, 0.05) is 6.54 Å². The van der Waals surface area contributed by atoms with Crippen molar-refractivity contribution in [2.75, 3.05) is 13.1 Å². The van der Waals surface area contributed by atoms with Gasteiger partial charge in [0.15, 0.2) is 0 Å². The maximum absolute atomic E-state index is 13.3. The Hall–Kier alpha value is -0.890. The van der Waals surface area contributed by atoms with Gasteiger partial charge >= 0.3 is 0 Å². The van der Waals surface area contributed by atoms with E-state index in [1.165, 1.54) is 37.3 Å². The molecule has 1 nitrogen and oxygen atoms in total. The van der Waals surface area contributed by atoms with Crippen molar-refractivity contribution in [3.8, 4) is 0 Å². The van der Waals surface area contributed by atoms with Crippen LogP contribution in [0.2, 0.25) is 0 Å². The van der Waals surface area contributed by atoms with Crippen LogP contribution < -0.4 is 5.32 Å². The molecule has 2 heteroatoms. The van der Waals surface area contributed by atoms with Gasteiger partial charge < -0.3 is 5.32 Å². The number of benzene rings is 1. The molecule has 1 aromatic rings. The third-order valence-electron chi connectivity index (χ3n) is 4.85. The zero-order valence-corrected chi connectivity index (χ0v) is 11.8. The Balaban J connectivity index is 1.69. The molecule has 2 saturated carbocycles. The average molecular weight is 261 g/mol. The summed E-state index contributed by atoms with van der Waals surface area (Å²) in [5, 5.41) is 3.60. The van der Waals surface area contributed by atoms with Crippen molar-refractivity contribution in [1.29, 1.82) is 0 Å². The van der Waals surface area contributed by atoms with E-state index in [1.54, 1.807) is 6.07 Å². The SMILES string of the molecule is CCCNCC1(Cc2cccc(F)c2)CC2CC2C1. The highest BCUT2D eigenvalue weighted by atomic mass is 19.1. The number of fused-ring (bicyclic) bond motifs is 1. The highest BCUT2D eigenvalue weighted by Gasteiger charge is 2.53. The zero-order chi connectivity index (χ0) is 13.3. The molecule has 0 aromatic heterocycles. The molecule has 3 rings (SSSR count). The minimum atomic E-state index is -0.0997. The van der Waals surface area contributed by atoms with E-state index < -0.39 is 0 Å². The van der Waals surface area contributed by atoms with Gasteiger partial charge in [-0.1, -0.05) is 19.1 Å². The molecule has 0 amide bonds. The van der Waals surface area contributed by atoms with Crippen LogP contribution in [-0.2, 0) is 6.42 Å². The Bertz CT molecular complexity index is 433. The highest BCUT2D eigenvalue weighted by molar-refractivity contribution is 5.20. The third kappa shape index (κ3) is 3.00. The Morgan fingerprint density at radius 2 is 2.11 bits per heavy atom. The predicted octanol–water partition coefficient (Wildman–Crippen LogP) is 3.78. The fourth-order valence-corrected chi connectivity index (χ4v) is 3.97. The fraction of sp³-hybridized carbons (Fsp3) is 0.647. The molecule has 0 radical (unpaired) electrons. The average Bonchev–Trinajstić information content (AvgIpc) is 2.98. The summed E-state index contributed by atoms with van der Waals surface area (Å²) in [5.41, 5.74) is 1.55. The summed E-state index contributed by atoms with van der Waals surface area (Å²) in [6, 6.07) is 7.17. The Morgan fingerprint density at radius 1 is 1.32 bits per heavy atom. The minimum Gasteiger partial charge on any atom is -0.316 e. The molecule has 1 N–H and O–H groups in total. The summed E-state index contributed by atoms with van der Waals surface area (Å²) in [7, 11) is 0. The van der Waals surface area contributed by atoms with Crippen LogP contribution in [0.4, 0.5) is 4.39 Å². The van der Waals surface area contributed by atoms with Gasteiger partial charge in [-0.15, -0.1) is 0 Å². The molecule has 1 aromatic carbocycles. The van der Waals surface area contributed by atoms with Crippen molar-refractivity contribution >= 4 is 0 Å². The van der Waals surface area contributed by atoms with Crippen LogP contribution in [0.3, 0.4) is 0 Å². The van der Waals surface area contributed by atoms with Gasteiger partial charge in [-0.3, -0.25) is 0 Å². The first-order valence-corrected chi connectivity index (χ1v) is 7.66. The van der Waals surface area contributed by atoms with E-state index >= 15 is 0 Å². The maximum Gasteiger partial charge on any atom is 0.123 e. The second kappa shape index (κ2) is 5.24. The first-order chi connectivity index (χ1) is 9.21. The van der Waals surface area contributed by atoms with Gasteiger partial charge in [0.25, 0.3) is 0 Å². The molecule has 19 heavy (non-hydrogen) atoms. The Labute approximate surface area is 115 Å². The summed E-state index contributed by atoms with van der Waals surface area (Å²) >= 11 is 0. The molecule has 0 bridgehead atoms. The summed E-state index contributed by atoms with van der Waals surface area (Å²) < 4.78 is 13.3. The van der Waals surface area contributed by atoms with E-state index in [1.807, 2.05) is 6.07 Å². The summed E-state index contributed by atoms with van der Waals surface area (Å²) in [6.45, 7) is 4.41. The lowest BCUT2D eigenvalue weighted by atomic mass is 9.77. The van der Waals surface area contributed by atoms with Gasteiger partial charge in [-0.25, -0.2) is 4.39 Å². The van der Waals surface area contributed by atoms with Gasteiger partial charge in [0.2, 0.25) is 0 Å². The van der Waals surface area contributed by atoms with Crippen molar-refractivity contribution < 1.29 is 4.39 Å². The molecule has 2 aliphatic carbocycles. The number of hydrogen-bond donors (Lipinski definition) is 1. The fourth-order valence-electron chi connectivity index (χ4n) is 3.97. The van der Waals surface area contributed by atoms with Crippen LogP contribution >= 0.6 is 0 Å². The zero-order valence-electron chi connectivity index (χ0n) is 11.8. The molecule has 2 aliphatic rings. The topological polar surface area (TPSA) is 12.0 Å². The lowest BCUT2D eigenvalue weighted by Crippen LogP contribution is -2.35. The van der Waals surface area contributed by atoms with Crippen molar-refractivity contribution in [2.45, 2.75) is 39.0 Å². The standard InChI is InChI=1S/C17H24FN/c1-2-6-19-12-17(10-14-8-15(14)11-17)9-13-4-3-5-16(18)7-13/h3-5,7,14-15,19H,2,6,8-12H2,1H3. The minimum absolute atomic E-state index is 0.0997. The lowest BCUT2D eigenvalue weighted by Gasteiger charge is -2.31. The van der Waals surface area contributed by atoms with E-state index in [0.717, 1.165) is 31.3 Å². The highest BCUT2D eigenvalue weighted by Crippen LogP contribution is 2.60. The molecule has 2 unspecified atom stereocenters. The van der Waals surface area contributed by atoms with E-state index in [2.05, 4.69) is 18.3 Å². The first kappa shape index (κ1) is 13.1. The largest absolute Gasteiger partial charge is 0.316 e. The van der Waals surface area contributed by atoms with Crippen LogP contribution in [0.15, 0.2) is 24.3 Å². The van der Waals surface area contributed by atoms with Crippen LogP contribution in [0, 0.1) is 23.1 Å². The number of halogens is 1. The normalized spacial score (nSPS) is 32.3. The number of rotatable bonds is 6. The lowest BCUT2D eigenvalue weighted by molar-refractivity contribution is 0.248. The summed E-state index contributed by atoms with van der Waals surface area (Å²) in [4.78, 5) is 0. The first-order valence-electron chi connectivity index (χ1n) is 7.66. The van der Waals surface area contributed by atoms with Crippen LogP contribution in [-0.4, -0.2) is 13.1 Å². The molecule has 2 fully saturated rings. The van der Waals surface area contributed by atoms with E-state index in [0.29, 0.717) is 5.41 Å². The molecular weight excluding hydrogens is 237 g/mol. The molecule has 0 heterocycles. The molecule has 0 aliphatic heterocycles. The second-order valence-electron chi connectivity index (χ2n) is 6.65. The number of nitrogens with one attached hydrogen (secondary N) is 1. The summed E-state index contributed by atoms with van der Waals surface area (Å²) in [6.07, 6.45) is 6.34. The van der Waals surface area contributed by atoms with Crippen molar-refractivity contribution in [3.05, 3.63) is 35.6 Å². The smallest absolute Gasteiger partial charge is 0.123 e. The van der Waals surface area contributed by atoms with E-state index in [-0.39, 0.29) is 5.82 Å².